The molecule has 304 valence electrons. The van der Waals surface area contributed by atoms with Gasteiger partial charge in [-0.15, -0.1) is 0 Å². The Labute approximate surface area is 324 Å². The molecule has 0 aromatic heterocycles. The van der Waals surface area contributed by atoms with E-state index in [9.17, 15) is 9.59 Å². The van der Waals surface area contributed by atoms with Gasteiger partial charge in [-0.3, -0.25) is 9.59 Å². The summed E-state index contributed by atoms with van der Waals surface area (Å²) < 4.78 is 6.01. The monoisotopic (exact) mass is 729 g/mol. The highest BCUT2D eigenvalue weighted by molar-refractivity contribution is 5.69. The van der Waals surface area contributed by atoms with E-state index in [4.69, 9.17) is 9.84 Å². The number of ether oxygens (including phenoxy) is 1. The summed E-state index contributed by atoms with van der Waals surface area (Å²) in [6.45, 7) is 4.55. The largest absolute Gasteiger partial charge is 0.481 e. The fraction of sp³-hybridized carbons (Fsp3) is 0.833. The molecule has 0 bridgehead atoms. The quantitative estimate of drug-likeness (QED) is 0.0386. The SMILES string of the molecule is CCCCCCC/C=C\C/C=C\CCCCCCCCCCCC(=O)OC(CCC/C=C\CCCCCCCCCC)CCCCCCCC(=O)O. The Hall–Kier alpha value is -1.84. The molecule has 0 saturated carbocycles. The number of carboxylic acids is 1. The van der Waals surface area contributed by atoms with Crippen LogP contribution in [-0.2, 0) is 14.3 Å². The molecule has 0 radical (unpaired) electrons. The normalized spacial score (nSPS) is 12.5. The van der Waals surface area contributed by atoms with Gasteiger partial charge in [0.25, 0.3) is 0 Å². The van der Waals surface area contributed by atoms with E-state index < -0.39 is 5.97 Å². The molecule has 1 atom stereocenters. The second-order valence-electron chi connectivity index (χ2n) is 15.6. The molecule has 0 amide bonds. The van der Waals surface area contributed by atoms with Crippen LogP contribution < -0.4 is 0 Å². The molecule has 0 saturated heterocycles. The predicted molar refractivity (Wildman–Crippen MR) is 227 cm³/mol. The Bertz CT molecular complexity index is 828. The zero-order valence-electron chi connectivity index (χ0n) is 34.9. The summed E-state index contributed by atoms with van der Waals surface area (Å²) in [6.07, 6.45) is 57.5. The van der Waals surface area contributed by atoms with Gasteiger partial charge in [-0.1, -0.05) is 185 Å². The van der Waals surface area contributed by atoms with Crippen LogP contribution in [0, 0.1) is 0 Å². The minimum absolute atomic E-state index is 0.0143. The lowest BCUT2D eigenvalue weighted by molar-refractivity contribution is -0.150. The van der Waals surface area contributed by atoms with Crippen LogP contribution in [-0.4, -0.2) is 23.1 Å². The molecule has 0 aliphatic carbocycles. The summed E-state index contributed by atoms with van der Waals surface area (Å²) in [5.41, 5.74) is 0. The van der Waals surface area contributed by atoms with Crippen molar-refractivity contribution in [2.24, 2.45) is 0 Å². The number of carbonyl (C=O) groups excluding carboxylic acids is 1. The van der Waals surface area contributed by atoms with E-state index in [2.05, 4.69) is 50.3 Å². The molecule has 52 heavy (non-hydrogen) atoms. The van der Waals surface area contributed by atoms with Crippen molar-refractivity contribution in [3.05, 3.63) is 36.5 Å². The van der Waals surface area contributed by atoms with E-state index in [1.54, 1.807) is 0 Å². The summed E-state index contributed by atoms with van der Waals surface area (Å²) in [4.78, 5) is 23.5. The van der Waals surface area contributed by atoms with E-state index in [1.807, 2.05) is 0 Å². The number of rotatable bonds is 42. The van der Waals surface area contributed by atoms with Crippen molar-refractivity contribution in [2.45, 2.75) is 258 Å². The van der Waals surface area contributed by atoms with Crippen molar-refractivity contribution in [3.8, 4) is 0 Å². The first kappa shape index (κ1) is 50.2. The lowest BCUT2D eigenvalue weighted by atomic mass is 10.0. The third-order valence-electron chi connectivity index (χ3n) is 10.3. The van der Waals surface area contributed by atoms with E-state index in [0.29, 0.717) is 6.42 Å². The highest BCUT2D eigenvalue weighted by Gasteiger charge is 2.14. The van der Waals surface area contributed by atoms with Crippen molar-refractivity contribution in [1.82, 2.24) is 0 Å². The van der Waals surface area contributed by atoms with Crippen molar-refractivity contribution < 1.29 is 19.4 Å². The van der Waals surface area contributed by atoms with Crippen LogP contribution in [0.3, 0.4) is 0 Å². The molecule has 0 aromatic carbocycles. The summed E-state index contributed by atoms with van der Waals surface area (Å²) >= 11 is 0. The Morgan fingerprint density at radius 2 is 0.769 bits per heavy atom. The average Bonchev–Trinajstić information content (AvgIpc) is 3.13. The molecular formula is C48H88O4. The van der Waals surface area contributed by atoms with Gasteiger partial charge in [0.05, 0.1) is 0 Å². The lowest BCUT2D eigenvalue weighted by Crippen LogP contribution is -2.18. The lowest BCUT2D eigenvalue weighted by Gasteiger charge is -2.18. The number of aliphatic carboxylic acids is 1. The topological polar surface area (TPSA) is 63.6 Å². The van der Waals surface area contributed by atoms with Gasteiger partial charge < -0.3 is 9.84 Å². The fourth-order valence-electron chi connectivity index (χ4n) is 6.92. The number of carbonyl (C=O) groups is 2. The summed E-state index contributed by atoms with van der Waals surface area (Å²) in [6, 6.07) is 0. The standard InChI is InChI=1S/C48H88O4/c1-3-5-7-9-11-13-15-17-18-19-20-21-22-23-24-26-28-30-32-37-41-45-48(51)52-46(43-39-35-33-36-40-44-47(49)50)42-38-34-31-29-27-25-16-14-12-10-8-6-4-2/h15,17,19-20,29,31,46H,3-14,16,18,21-28,30,32-45H2,1-2H3,(H,49,50)/b17-15-,20-19-,31-29-. The zero-order chi connectivity index (χ0) is 37.8. The number of hydrogen-bond donors (Lipinski definition) is 1. The van der Waals surface area contributed by atoms with Gasteiger partial charge in [-0.2, -0.15) is 0 Å². The Morgan fingerprint density at radius 1 is 0.423 bits per heavy atom. The maximum atomic E-state index is 12.7. The first-order valence-corrected chi connectivity index (χ1v) is 23.0. The van der Waals surface area contributed by atoms with Crippen molar-refractivity contribution in [3.63, 3.8) is 0 Å². The van der Waals surface area contributed by atoms with Crippen LogP contribution >= 0.6 is 0 Å². The second-order valence-corrected chi connectivity index (χ2v) is 15.6. The molecule has 0 aromatic rings. The number of unbranched alkanes of at least 4 members (excludes halogenated alkanes) is 27. The van der Waals surface area contributed by atoms with Gasteiger partial charge in [-0.05, 0) is 89.9 Å². The Balaban J connectivity index is 3.98. The van der Waals surface area contributed by atoms with Crippen LogP contribution in [0.4, 0.5) is 0 Å². The Kier molecular flexibility index (Phi) is 42.0. The maximum absolute atomic E-state index is 12.7. The number of hydrogen-bond acceptors (Lipinski definition) is 3. The van der Waals surface area contributed by atoms with Crippen LogP contribution in [0.25, 0.3) is 0 Å². The smallest absolute Gasteiger partial charge is 0.306 e. The molecule has 0 fully saturated rings. The summed E-state index contributed by atoms with van der Waals surface area (Å²) in [5.74, 6) is -0.717. The minimum atomic E-state index is -0.703. The molecule has 0 aliphatic rings. The highest BCUT2D eigenvalue weighted by Crippen LogP contribution is 2.18. The van der Waals surface area contributed by atoms with Gasteiger partial charge in [0.1, 0.15) is 6.10 Å². The molecule has 1 unspecified atom stereocenters. The van der Waals surface area contributed by atoms with Gasteiger partial charge in [0.15, 0.2) is 0 Å². The molecule has 0 aliphatic heterocycles. The molecule has 0 spiro atoms. The third-order valence-corrected chi connectivity index (χ3v) is 10.3. The minimum Gasteiger partial charge on any atom is -0.481 e. The molecule has 4 heteroatoms. The van der Waals surface area contributed by atoms with E-state index in [1.165, 1.54) is 148 Å². The Morgan fingerprint density at radius 3 is 1.23 bits per heavy atom. The van der Waals surface area contributed by atoms with Crippen LogP contribution in [0.1, 0.15) is 251 Å². The first-order chi connectivity index (χ1) is 25.6. The number of allylic oxidation sites excluding steroid dienone is 6. The fourth-order valence-corrected chi connectivity index (χ4v) is 6.92. The van der Waals surface area contributed by atoms with E-state index in [-0.39, 0.29) is 18.5 Å². The van der Waals surface area contributed by atoms with Crippen LogP contribution in [0.15, 0.2) is 36.5 Å². The summed E-state index contributed by atoms with van der Waals surface area (Å²) in [7, 11) is 0. The average molecular weight is 729 g/mol. The molecular weight excluding hydrogens is 641 g/mol. The maximum Gasteiger partial charge on any atom is 0.306 e. The van der Waals surface area contributed by atoms with Crippen molar-refractivity contribution >= 4 is 11.9 Å². The van der Waals surface area contributed by atoms with E-state index >= 15 is 0 Å². The summed E-state index contributed by atoms with van der Waals surface area (Å²) in [5, 5.41) is 8.84. The van der Waals surface area contributed by atoms with Crippen molar-refractivity contribution in [1.29, 1.82) is 0 Å². The van der Waals surface area contributed by atoms with Crippen molar-refractivity contribution in [2.75, 3.05) is 0 Å². The second kappa shape index (κ2) is 43.6. The predicted octanol–water partition coefficient (Wildman–Crippen LogP) is 16.1. The number of carboxylic acid groups (broad SMARTS) is 1. The van der Waals surface area contributed by atoms with Gasteiger partial charge >= 0.3 is 11.9 Å². The molecule has 0 rings (SSSR count). The molecule has 1 N–H and O–H groups in total. The number of esters is 1. The van der Waals surface area contributed by atoms with Crippen LogP contribution in [0.2, 0.25) is 0 Å². The van der Waals surface area contributed by atoms with Gasteiger partial charge in [0.2, 0.25) is 0 Å². The third kappa shape index (κ3) is 42.6. The first-order valence-electron chi connectivity index (χ1n) is 23.0. The van der Waals surface area contributed by atoms with Gasteiger partial charge in [0, 0.05) is 12.8 Å². The molecule has 4 nitrogen and oxygen atoms in total. The molecule has 0 heterocycles. The van der Waals surface area contributed by atoms with Crippen LogP contribution in [0.5, 0.6) is 0 Å². The highest BCUT2D eigenvalue weighted by atomic mass is 16.5. The van der Waals surface area contributed by atoms with E-state index in [0.717, 1.165) is 77.0 Å². The zero-order valence-corrected chi connectivity index (χ0v) is 34.9. The van der Waals surface area contributed by atoms with Gasteiger partial charge in [-0.25, -0.2) is 0 Å².